The molecule has 1 N–H and O–H groups in total. The van der Waals surface area contributed by atoms with Gasteiger partial charge in [-0.15, -0.1) is 10.2 Å². The highest BCUT2D eigenvalue weighted by Crippen LogP contribution is 2.27. The second-order valence-corrected chi connectivity index (χ2v) is 7.88. The molecule has 0 unspecified atom stereocenters. The molecule has 1 fully saturated rings. The van der Waals surface area contributed by atoms with E-state index in [9.17, 15) is 9.59 Å². The van der Waals surface area contributed by atoms with Crippen molar-refractivity contribution in [3.63, 3.8) is 0 Å². The quantitative estimate of drug-likeness (QED) is 0.671. The molecular weight excluding hydrogens is 380 g/mol. The first-order chi connectivity index (χ1) is 14.5. The number of aromatic nitrogens is 3. The van der Waals surface area contributed by atoms with Crippen molar-refractivity contribution < 1.29 is 9.59 Å². The van der Waals surface area contributed by atoms with Crippen LogP contribution in [0.3, 0.4) is 0 Å². The van der Waals surface area contributed by atoms with Gasteiger partial charge in [-0.1, -0.05) is 30.3 Å². The van der Waals surface area contributed by atoms with Gasteiger partial charge < -0.3 is 10.2 Å². The lowest BCUT2D eigenvalue weighted by atomic mass is 10.1. The van der Waals surface area contributed by atoms with Crippen molar-refractivity contribution in [1.82, 2.24) is 29.7 Å². The summed E-state index contributed by atoms with van der Waals surface area (Å²) in [5.41, 5.74) is 2.50. The number of fused-ring (bicyclic) bond motifs is 1. The van der Waals surface area contributed by atoms with E-state index in [1.807, 2.05) is 10.5 Å². The number of hydrogen-bond acceptors (Lipinski definition) is 5. The largest absolute Gasteiger partial charge is 0.347 e. The third-order valence-electron chi connectivity index (χ3n) is 5.48. The highest BCUT2D eigenvalue weighted by molar-refractivity contribution is 5.96. The minimum Gasteiger partial charge on any atom is -0.347 e. The van der Waals surface area contributed by atoms with Crippen molar-refractivity contribution in [2.75, 3.05) is 33.7 Å². The molecule has 1 aliphatic heterocycles. The Morgan fingerprint density at radius 3 is 2.70 bits per heavy atom. The Labute approximate surface area is 175 Å². The van der Waals surface area contributed by atoms with E-state index in [0.717, 1.165) is 31.9 Å². The van der Waals surface area contributed by atoms with Gasteiger partial charge in [-0.25, -0.2) is 0 Å². The Balaban J connectivity index is 1.47. The summed E-state index contributed by atoms with van der Waals surface area (Å²) >= 11 is 0. The van der Waals surface area contributed by atoms with E-state index in [-0.39, 0.29) is 24.3 Å². The van der Waals surface area contributed by atoms with E-state index >= 15 is 0 Å². The lowest BCUT2D eigenvalue weighted by Gasteiger charge is -2.15. The SMILES string of the molecule is CN(C)C(=O)CNC(=O)c1ccc2nnc([C@@H]3CCN(Cc4ccccc4)C3)n2c1. The summed E-state index contributed by atoms with van der Waals surface area (Å²) in [7, 11) is 3.32. The highest BCUT2D eigenvalue weighted by atomic mass is 16.2. The molecule has 0 spiro atoms. The molecular formula is C22H26N6O2. The number of rotatable bonds is 6. The third-order valence-corrected chi connectivity index (χ3v) is 5.48. The maximum absolute atomic E-state index is 12.5. The maximum Gasteiger partial charge on any atom is 0.253 e. The van der Waals surface area contributed by atoms with Gasteiger partial charge in [0, 0.05) is 39.3 Å². The molecule has 3 heterocycles. The molecule has 8 heteroatoms. The normalized spacial score (nSPS) is 16.7. The Bertz CT molecular complexity index is 1050. The predicted octanol–water partition coefficient (Wildman–Crippen LogP) is 1.54. The second kappa shape index (κ2) is 8.62. The number of likely N-dealkylation sites (N-methyl/N-ethyl adjacent to an activating group) is 1. The molecule has 0 radical (unpaired) electrons. The fraction of sp³-hybridized carbons (Fsp3) is 0.364. The molecule has 30 heavy (non-hydrogen) atoms. The Morgan fingerprint density at radius 1 is 1.13 bits per heavy atom. The van der Waals surface area contributed by atoms with Gasteiger partial charge in [0.15, 0.2) is 5.65 Å². The van der Waals surface area contributed by atoms with Gasteiger partial charge in [0.2, 0.25) is 5.91 Å². The van der Waals surface area contributed by atoms with Crippen LogP contribution < -0.4 is 5.32 Å². The fourth-order valence-electron chi connectivity index (χ4n) is 3.77. The average Bonchev–Trinajstić information content (AvgIpc) is 3.38. The fourth-order valence-corrected chi connectivity index (χ4v) is 3.77. The highest BCUT2D eigenvalue weighted by Gasteiger charge is 2.28. The first-order valence-electron chi connectivity index (χ1n) is 10.1. The van der Waals surface area contributed by atoms with E-state index in [4.69, 9.17) is 0 Å². The first kappa shape index (κ1) is 20.0. The van der Waals surface area contributed by atoms with E-state index in [2.05, 4.69) is 44.7 Å². The maximum atomic E-state index is 12.5. The van der Waals surface area contributed by atoms with Crippen LogP contribution in [0.15, 0.2) is 48.7 Å². The molecule has 8 nitrogen and oxygen atoms in total. The zero-order chi connectivity index (χ0) is 21.1. The summed E-state index contributed by atoms with van der Waals surface area (Å²) in [6.45, 7) is 2.79. The van der Waals surface area contributed by atoms with Crippen molar-refractivity contribution in [2.45, 2.75) is 18.9 Å². The molecule has 0 aliphatic carbocycles. The summed E-state index contributed by atoms with van der Waals surface area (Å²) in [5, 5.41) is 11.4. The molecule has 0 saturated carbocycles. The minimum atomic E-state index is -0.288. The molecule has 1 saturated heterocycles. The van der Waals surface area contributed by atoms with Crippen LogP contribution in [0, 0.1) is 0 Å². The van der Waals surface area contributed by atoms with Crippen molar-refractivity contribution in [3.8, 4) is 0 Å². The van der Waals surface area contributed by atoms with Crippen LogP contribution in [0.1, 0.15) is 34.1 Å². The molecule has 2 amide bonds. The van der Waals surface area contributed by atoms with Crippen LogP contribution in [-0.2, 0) is 11.3 Å². The smallest absolute Gasteiger partial charge is 0.253 e. The lowest BCUT2D eigenvalue weighted by Crippen LogP contribution is -2.36. The van der Waals surface area contributed by atoms with Gasteiger partial charge >= 0.3 is 0 Å². The van der Waals surface area contributed by atoms with Gasteiger partial charge in [-0.05, 0) is 30.7 Å². The minimum absolute atomic E-state index is 0.0318. The number of nitrogens with one attached hydrogen (secondary N) is 1. The van der Waals surface area contributed by atoms with Crippen LogP contribution in [0.25, 0.3) is 5.65 Å². The van der Waals surface area contributed by atoms with Crippen molar-refractivity contribution in [3.05, 3.63) is 65.6 Å². The predicted molar refractivity (Wildman–Crippen MR) is 113 cm³/mol. The Hall–Kier alpha value is -3.26. The topological polar surface area (TPSA) is 82.8 Å². The third kappa shape index (κ3) is 4.33. The monoisotopic (exact) mass is 406 g/mol. The van der Waals surface area contributed by atoms with E-state index in [1.165, 1.54) is 10.5 Å². The van der Waals surface area contributed by atoms with E-state index in [1.54, 1.807) is 32.4 Å². The molecule has 1 aromatic carbocycles. The van der Waals surface area contributed by atoms with Crippen molar-refractivity contribution >= 4 is 17.5 Å². The van der Waals surface area contributed by atoms with Gasteiger partial charge in [0.25, 0.3) is 5.91 Å². The Morgan fingerprint density at radius 2 is 1.93 bits per heavy atom. The van der Waals surface area contributed by atoms with Gasteiger partial charge in [-0.2, -0.15) is 0 Å². The van der Waals surface area contributed by atoms with Gasteiger partial charge in [-0.3, -0.25) is 18.9 Å². The molecule has 3 aromatic rings. The van der Waals surface area contributed by atoms with Crippen molar-refractivity contribution in [2.24, 2.45) is 0 Å². The van der Waals surface area contributed by atoms with Crippen LogP contribution in [0.5, 0.6) is 0 Å². The second-order valence-electron chi connectivity index (χ2n) is 7.88. The number of pyridine rings is 1. The van der Waals surface area contributed by atoms with Crippen LogP contribution in [0.2, 0.25) is 0 Å². The number of nitrogens with zero attached hydrogens (tertiary/aromatic N) is 5. The number of amides is 2. The average molecular weight is 406 g/mol. The number of hydrogen-bond donors (Lipinski definition) is 1. The zero-order valence-electron chi connectivity index (χ0n) is 17.3. The van der Waals surface area contributed by atoms with Crippen molar-refractivity contribution in [1.29, 1.82) is 0 Å². The molecule has 2 aromatic heterocycles. The number of benzene rings is 1. The van der Waals surface area contributed by atoms with E-state index in [0.29, 0.717) is 11.2 Å². The lowest BCUT2D eigenvalue weighted by molar-refractivity contribution is -0.127. The molecule has 1 atom stereocenters. The summed E-state index contributed by atoms with van der Waals surface area (Å²) in [5.74, 6) is 0.694. The molecule has 156 valence electrons. The number of likely N-dealkylation sites (tertiary alicyclic amines) is 1. The first-order valence-corrected chi connectivity index (χ1v) is 10.1. The van der Waals surface area contributed by atoms with Gasteiger partial charge in [0.1, 0.15) is 5.82 Å². The van der Waals surface area contributed by atoms with Gasteiger partial charge in [0.05, 0.1) is 12.1 Å². The number of carbonyl (C=O) groups is 2. The van der Waals surface area contributed by atoms with Crippen LogP contribution in [0.4, 0.5) is 0 Å². The summed E-state index contributed by atoms with van der Waals surface area (Å²) in [6.07, 6.45) is 2.77. The number of carbonyl (C=O) groups excluding carboxylic acids is 2. The Kier molecular flexibility index (Phi) is 5.76. The summed E-state index contributed by atoms with van der Waals surface area (Å²) in [6, 6.07) is 13.9. The van der Waals surface area contributed by atoms with Crippen LogP contribution >= 0.6 is 0 Å². The molecule has 1 aliphatic rings. The molecule has 0 bridgehead atoms. The standard InChI is InChI=1S/C22H26N6O2/c1-26(2)20(29)12-23-22(30)18-8-9-19-24-25-21(28(19)15-18)17-10-11-27(14-17)13-16-6-4-3-5-7-16/h3-9,15,17H,10-14H2,1-2H3,(H,23,30)/t17-/m1/s1. The zero-order valence-corrected chi connectivity index (χ0v) is 17.3. The molecule has 4 rings (SSSR count). The summed E-state index contributed by atoms with van der Waals surface area (Å²) < 4.78 is 1.90. The van der Waals surface area contributed by atoms with Crippen LogP contribution in [-0.4, -0.2) is 69.9 Å². The summed E-state index contributed by atoms with van der Waals surface area (Å²) in [4.78, 5) is 28.1. The van der Waals surface area contributed by atoms with E-state index < -0.39 is 0 Å².